The van der Waals surface area contributed by atoms with E-state index in [1.54, 1.807) is 12.4 Å². The highest BCUT2D eigenvalue weighted by Crippen LogP contribution is 2.25. The zero-order chi connectivity index (χ0) is 9.97. The number of pyridine rings is 1. The summed E-state index contributed by atoms with van der Waals surface area (Å²) in [5.74, 6) is 0. The predicted octanol–water partition coefficient (Wildman–Crippen LogP) is 1.60. The van der Waals surface area contributed by atoms with Crippen molar-refractivity contribution >= 4 is 11.4 Å². The second-order valence-electron chi connectivity index (χ2n) is 3.60. The van der Waals surface area contributed by atoms with Crippen molar-refractivity contribution in [2.75, 3.05) is 23.7 Å². The number of rotatable bonds is 1. The highest BCUT2D eigenvalue weighted by atomic mass is 19.1. The fourth-order valence-electron chi connectivity index (χ4n) is 1.78. The van der Waals surface area contributed by atoms with Gasteiger partial charge in [0.1, 0.15) is 6.17 Å². The van der Waals surface area contributed by atoms with Crippen LogP contribution in [0.4, 0.5) is 15.8 Å². The number of anilines is 2. The van der Waals surface area contributed by atoms with E-state index in [0.29, 0.717) is 18.5 Å². The quantitative estimate of drug-likeness (QED) is 0.740. The third-order valence-corrected chi connectivity index (χ3v) is 2.59. The molecule has 1 aliphatic heterocycles. The molecule has 76 valence electrons. The molecule has 0 bridgehead atoms. The molecule has 0 unspecified atom stereocenters. The highest BCUT2D eigenvalue weighted by Gasteiger charge is 2.19. The zero-order valence-electron chi connectivity index (χ0n) is 7.99. The van der Waals surface area contributed by atoms with Gasteiger partial charge in [-0.1, -0.05) is 0 Å². The molecule has 0 spiro atoms. The van der Waals surface area contributed by atoms with E-state index >= 15 is 0 Å². The van der Waals surface area contributed by atoms with Crippen LogP contribution in [-0.4, -0.2) is 24.2 Å². The van der Waals surface area contributed by atoms with Crippen LogP contribution in [0.1, 0.15) is 12.8 Å². The molecule has 2 heterocycles. The molecule has 2 N–H and O–H groups in total. The standard InChI is InChI=1S/C10H14FN3/c11-8-2-5-14(6-3-8)10-1-4-13-7-9(10)12/h1,4,7-8H,2-3,5-6,12H2. The first-order valence-electron chi connectivity index (χ1n) is 4.86. The molecule has 14 heavy (non-hydrogen) atoms. The summed E-state index contributed by atoms with van der Waals surface area (Å²) in [6, 6.07) is 1.88. The molecule has 1 aromatic heterocycles. The number of piperidine rings is 1. The normalized spacial score (nSPS) is 18.5. The van der Waals surface area contributed by atoms with Crippen molar-refractivity contribution in [2.45, 2.75) is 19.0 Å². The van der Waals surface area contributed by atoms with Gasteiger partial charge < -0.3 is 10.6 Å². The second-order valence-corrected chi connectivity index (χ2v) is 3.60. The Hall–Kier alpha value is -1.32. The van der Waals surface area contributed by atoms with E-state index in [9.17, 15) is 4.39 Å². The number of hydrogen-bond donors (Lipinski definition) is 1. The fourth-order valence-corrected chi connectivity index (χ4v) is 1.78. The summed E-state index contributed by atoms with van der Waals surface area (Å²) in [7, 11) is 0. The van der Waals surface area contributed by atoms with Crippen molar-refractivity contribution in [3.63, 3.8) is 0 Å². The van der Waals surface area contributed by atoms with Crippen molar-refractivity contribution < 1.29 is 4.39 Å². The Labute approximate surface area is 82.7 Å². The first-order valence-corrected chi connectivity index (χ1v) is 4.86. The smallest absolute Gasteiger partial charge is 0.103 e. The molecular formula is C10H14FN3. The van der Waals surface area contributed by atoms with E-state index in [0.717, 1.165) is 18.8 Å². The number of halogens is 1. The maximum atomic E-state index is 12.9. The summed E-state index contributed by atoms with van der Waals surface area (Å²) < 4.78 is 12.9. The molecule has 2 rings (SSSR count). The topological polar surface area (TPSA) is 42.1 Å². The number of nitrogens with two attached hydrogens (primary N) is 1. The number of hydrogen-bond acceptors (Lipinski definition) is 3. The van der Waals surface area contributed by atoms with Gasteiger partial charge in [0.25, 0.3) is 0 Å². The molecule has 4 heteroatoms. The van der Waals surface area contributed by atoms with E-state index in [-0.39, 0.29) is 0 Å². The summed E-state index contributed by atoms with van der Waals surface area (Å²) in [5.41, 5.74) is 7.44. The molecule has 0 aromatic carbocycles. The van der Waals surface area contributed by atoms with E-state index in [1.165, 1.54) is 0 Å². The van der Waals surface area contributed by atoms with Crippen molar-refractivity contribution in [3.05, 3.63) is 18.5 Å². The van der Waals surface area contributed by atoms with Gasteiger partial charge in [0.2, 0.25) is 0 Å². The number of nitrogen functional groups attached to an aromatic ring is 1. The average molecular weight is 195 g/mol. The lowest BCUT2D eigenvalue weighted by molar-refractivity contribution is 0.277. The fraction of sp³-hybridized carbons (Fsp3) is 0.500. The molecule has 0 aliphatic carbocycles. The molecule has 1 saturated heterocycles. The van der Waals surface area contributed by atoms with Gasteiger partial charge in [-0.05, 0) is 18.9 Å². The maximum absolute atomic E-state index is 12.9. The number of nitrogens with zero attached hydrogens (tertiary/aromatic N) is 2. The average Bonchev–Trinajstić information content (AvgIpc) is 2.20. The van der Waals surface area contributed by atoms with Crippen LogP contribution in [0.2, 0.25) is 0 Å². The predicted molar refractivity (Wildman–Crippen MR) is 55.0 cm³/mol. The van der Waals surface area contributed by atoms with Gasteiger partial charge in [-0.25, -0.2) is 4.39 Å². The van der Waals surface area contributed by atoms with Gasteiger partial charge in [0.05, 0.1) is 17.6 Å². The first-order chi connectivity index (χ1) is 6.77. The van der Waals surface area contributed by atoms with Gasteiger partial charge in [0, 0.05) is 19.3 Å². The number of alkyl halides is 1. The van der Waals surface area contributed by atoms with Gasteiger partial charge in [0.15, 0.2) is 0 Å². The molecule has 0 radical (unpaired) electrons. The van der Waals surface area contributed by atoms with Gasteiger partial charge in [-0.3, -0.25) is 4.98 Å². The van der Waals surface area contributed by atoms with Crippen LogP contribution >= 0.6 is 0 Å². The summed E-state index contributed by atoms with van der Waals surface area (Å²) >= 11 is 0. The Kier molecular flexibility index (Phi) is 2.52. The zero-order valence-corrected chi connectivity index (χ0v) is 7.99. The molecule has 1 aromatic rings. The molecule has 1 aliphatic rings. The molecule has 0 atom stereocenters. The molecule has 3 nitrogen and oxygen atoms in total. The van der Waals surface area contributed by atoms with Gasteiger partial charge in [-0.2, -0.15) is 0 Å². The Balaban J connectivity index is 2.12. The second kappa shape index (κ2) is 3.82. The molecule has 0 saturated carbocycles. The minimum Gasteiger partial charge on any atom is -0.396 e. The minimum absolute atomic E-state index is 0.599. The summed E-state index contributed by atoms with van der Waals surface area (Å²) in [5, 5.41) is 0. The largest absolute Gasteiger partial charge is 0.396 e. The van der Waals surface area contributed by atoms with Gasteiger partial charge >= 0.3 is 0 Å². The Morgan fingerprint density at radius 1 is 1.43 bits per heavy atom. The molecular weight excluding hydrogens is 181 g/mol. The van der Waals surface area contributed by atoms with Crippen molar-refractivity contribution in [3.8, 4) is 0 Å². The van der Waals surface area contributed by atoms with Crippen LogP contribution in [0.3, 0.4) is 0 Å². The Morgan fingerprint density at radius 3 is 2.79 bits per heavy atom. The van der Waals surface area contributed by atoms with Crippen LogP contribution < -0.4 is 10.6 Å². The lowest BCUT2D eigenvalue weighted by atomic mass is 10.1. The van der Waals surface area contributed by atoms with Crippen LogP contribution in [0, 0.1) is 0 Å². The van der Waals surface area contributed by atoms with Crippen LogP contribution in [0.15, 0.2) is 18.5 Å². The van der Waals surface area contributed by atoms with E-state index in [1.807, 2.05) is 6.07 Å². The number of aromatic nitrogens is 1. The highest BCUT2D eigenvalue weighted by molar-refractivity contribution is 5.66. The Morgan fingerprint density at radius 2 is 2.14 bits per heavy atom. The Bertz CT molecular complexity index is 308. The molecule has 1 fully saturated rings. The van der Waals surface area contributed by atoms with Crippen molar-refractivity contribution in [1.82, 2.24) is 4.98 Å². The van der Waals surface area contributed by atoms with Crippen LogP contribution in [0.25, 0.3) is 0 Å². The van der Waals surface area contributed by atoms with Crippen molar-refractivity contribution in [1.29, 1.82) is 0 Å². The van der Waals surface area contributed by atoms with E-state index in [2.05, 4.69) is 9.88 Å². The monoisotopic (exact) mass is 195 g/mol. The van der Waals surface area contributed by atoms with Crippen molar-refractivity contribution in [2.24, 2.45) is 0 Å². The lowest BCUT2D eigenvalue weighted by Gasteiger charge is -2.31. The van der Waals surface area contributed by atoms with E-state index in [4.69, 9.17) is 5.73 Å². The SMILES string of the molecule is Nc1cnccc1N1CCC(F)CC1. The molecule has 0 amide bonds. The lowest BCUT2D eigenvalue weighted by Crippen LogP contribution is -2.34. The maximum Gasteiger partial charge on any atom is 0.103 e. The third-order valence-electron chi connectivity index (χ3n) is 2.59. The first kappa shape index (κ1) is 9.24. The summed E-state index contributed by atoms with van der Waals surface area (Å²) in [6.07, 6.45) is 3.91. The summed E-state index contributed by atoms with van der Waals surface area (Å²) in [4.78, 5) is 6.05. The third kappa shape index (κ3) is 1.78. The summed E-state index contributed by atoms with van der Waals surface area (Å²) in [6.45, 7) is 1.49. The minimum atomic E-state index is -0.644. The van der Waals surface area contributed by atoms with Crippen LogP contribution in [0.5, 0.6) is 0 Å². The van der Waals surface area contributed by atoms with E-state index < -0.39 is 6.17 Å². The van der Waals surface area contributed by atoms with Gasteiger partial charge in [-0.15, -0.1) is 0 Å². The van der Waals surface area contributed by atoms with Crippen LogP contribution in [-0.2, 0) is 0 Å².